The maximum atomic E-state index is 12.4. The lowest BCUT2D eigenvalue weighted by Crippen LogP contribution is -2.54. The van der Waals surface area contributed by atoms with E-state index in [0.29, 0.717) is 56.2 Å². The molecule has 1 aliphatic heterocycles. The molecular weight excluding hydrogens is 418 g/mol. The maximum Gasteiger partial charge on any atom is 0.232 e. The van der Waals surface area contributed by atoms with Gasteiger partial charge >= 0.3 is 0 Å². The molecule has 1 aromatic rings. The minimum absolute atomic E-state index is 0.00553. The smallest absolute Gasteiger partial charge is 0.232 e. The molecule has 0 saturated carbocycles. The zero-order valence-corrected chi connectivity index (χ0v) is 18.7. The van der Waals surface area contributed by atoms with Crippen LogP contribution < -0.4 is 10.1 Å². The molecule has 11 heteroatoms. The van der Waals surface area contributed by atoms with Crippen LogP contribution in [0.4, 0.5) is 0 Å². The molecular formula is C18H30ClN5O4S. The van der Waals surface area contributed by atoms with Gasteiger partial charge in [0.05, 0.1) is 25.0 Å². The van der Waals surface area contributed by atoms with Gasteiger partial charge in [0.1, 0.15) is 11.6 Å². The molecule has 1 aliphatic rings. The lowest BCUT2D eigenvalue weighted by atomic mass is 10.4. The van der Waals surface area contributed by atoms with Gasteiger partial charge in [-0.15, -0.1) is 0 Å². The number of nitrogens with zero attached hydrogens (tertiary/aromatic N) is 4. The molecule has 0 amide bonds. The monoisotopic (exact) mass is 447 g/mol. The molecule has 9 nitrogen and oxygen atoms in total. The molecule has 1 aromatic heterocycles. The molecule has 0 aromatic carbocycles. The highest BCUT2D eigenvalue weighted by Gasteiger charge is 2.27. The van der Waals surface area contributed by atoms with Crippen molar-refractivity contribution in [1.82, 2.24) is 19.5 Å². The number of aromatic nitrogens is 1. The van der Waals surface area contributed by atoms with Crippen LogP contribution in [-0.4, -0.2) is 93.4 Å². The largest absolute Gasteiger partial charge is 0.475 e. The molecule has 1 N–H and O–H groups in total. The Labute approximate surface area is 178 Å². The van der Waals surface area contributed by atoms with Gasteiger partial charge in [-0.05, 0) is 26.0 Å². The Bertz CT molecular complexity index is 767. The number of hydrogen-bond donors (Lipinski definition) is 1. The Balaban J connectivity index is 1.74. The van der Waals surface area contributed by atoms with E-state index in [1.54, 1.807) is 25.4 Å². The summed E-state index contributed by atoms with van der Waals surface area (Å²) >= 11 is 6.01. The number of rotatable bonds is 9. The average molecular weight is 448 g/mol. The first-order valence-electron chi connectivity index (χ1n) is 9.62. The normalized spacial score (nSPS) is 16.3. The number of hydrogen-bond acceptors (Lipinski definition) is 6. The van der Waals surface area contributed by atoms with Crippen LogP contribution in [0.15, 0.2) is 23.3 Å². The predicted octanol–water partition coefficient (Wildman–Crippen LogP) is 1.06. The van der Waals surface area contributed by atoms with Gasteiger partial charge in [-0.2, -0.15) is 4.31 Å². The van der Waals surface area contributed by atoms with Gasteiger partial charge in [0, 0.05) is 39.4 Å². The number of piperazine rings is 1. The van der Waals surface area contributed by atoms with Crippen LogP contribution in [0.1, 0.15) is 13.8 Å². The second kappa shape index (κ2) is 11.5. The van der Waals surface area contributed by atoms with Gasteiger partial charge in [0.15, 0.2) is 5.96 Å². The Morgan fingerprint density at radius 3 is 2.66 bits per heavy atom. The van der Waals surface area contributed by atoms with Crippen LogP contribution in [0, 0.1) is 0 Å². The second-order valence-electron chi connectivity index (χ2n) is 6.73. The van der Waals surface area contributed by atoms with Crippen LogP contribution in [0.25, 0.3) is 0 Å². The molecule has 1 saturated heterocycles. The number of halogens is 1. The molecule has 0 aliphatic carbocycles. The number of sulfonamides is 1. The summed E-state index contributed by atoms with van der Waals surface area (Å²) in [5.41, 5.74) is 0. The summed E-state index contributed by atoms with van der Waals surface area (Å²) in [5, 5.41) is 3.69. The highest BCUT2D eigenvalue weighted by atomic mass is 35.5. The first kappa shape index (κ1) is 23.7. The van der Waals surface area contributed by atoms with Gasteiger partial charge in [0.2, 0.25) is 15.9 Å². The van der Waals surface area contributed by atoms with Crippen LogP contribution in [0.5, 0.6) is 5.88 Å². The van der Waals surface area contributed by atoms with E-state index in [9.17, 15) is 8.42 Å². The summed E-state index contributed by atoms with van der Waals surface area (Å²) in [5.74, 6) is 1.11. The van der Waals surface area contributed by atoms with E-state index in [2.05, 4.69) is 15.3 Å². The quantitative estimate of drug-likeness (QED) is 0.343. The van der Waals surface area contributed by atoms with E-state index >= 15 is 0 Å². The molecule has 2 rings (SSSR count). The average Bonchev–Trinajstić information content (AvgIpc) is 2.69. The fourth-order valence-electron chi connectivity index (χ4n) is 2.82. The van der Waals surface area contributed by atoms with E-state index in [4.69, 9.17) is 21.1 Å². The van der Waals surface area contributed by atoms with Crippen molar-refractivity contribution in [3.05, 3.63) is 23.4 Å². The van der Waals surface area contributed by atoms with E-state index in [0.717, 1.165) is 0 Å². The van der Waals surface area contributed by atoms with Crippen molar-refractivity contribution in [2.45, 2.75) is 20.0 Å². The van der Waals surface area contributed by atoms with Crippen molar-refractivity contribution in [3.63, 3.8) is 0 Å². The third-order valence-corrected chi connectivity index (χ3v) is 6.41. The lowest BCUT2D eigenvalue weighted by Gasteiger charge is -2.35. The zero-order valence-electron chi connectivity index (χ0n) is 17.2. The van der Waals surface area contributed by atoms with Crippen molar-refractivity contribution in [1.29, 1.82) is 0 Å². The molecule has 1 fully saturated rings. The van der Waals surface area contributed by atoms with Crippen LogP contribution >= 0.6 is 11.6 Å². The second-order valence-corrected chi connectivity index (χ2v) is 9.23. The molecule has 2 heterocycles. The highest BCUT2D eigenvalue weighted by Crippen LogP contribution is 2.19. The maximum absolute atomic E-state index is 12.4. The Morgan fingerprint density at radius 2 is 2.03 bits per heavy atom. The first-order chi connectivity index (χ1) is 13.8. The van der Waals surface area contributed by atoms with Gasteiger partial charge in [0.25, 0.3) is 0 Å². The summed E-state index contributed by atoms with van der Waals surface area (Å²) in [6, 6.07) is 3.46. The molecule has 0 radical (unpaired) electrons. The van der Waals surface area contributed by atoms with Crippen molar-refractivity contribution in [2.24, 2.45) is 4.99 Å². The number of aliphatic imine (C=N–C) groups is 1. The zero-order chi connectivity index (χ0) is 21.3. The SMILES string of the molecule is CN=C(NCCOc1ncccc1Cl)N1CCN(S(=O)(=O)CCOC(C)C)CC1. The molecule has 0 atom stereocenters. The Morgan fingerprint density at radius 1 is 1.31 bits per heavy atom. The van der Waals surface area contributed by atoms with E-state index in [-0.39, 0.29) is 18.5 Å². The van der Waals surface area contributed by atoms with E-state index < -0.39 is 10.0 Å². The van der Waals surface area contributed by atoms with Crippen molar-refractivity contribution >= 4 is 27.6 Å². The lowest BCUT2D eigenvalue weighted by molar-refractivity contribution is 0.0904. The van der Waals surface area contributed by atoms with Crippen LogP contribution in [-0.2, 0) is 14.8 Å². The minimum atomic E-state index is -3.31. The number of nitrogens with one attached hydrogen (secondary N) is 1. The van der Waals surface area contributed by atoms with Gasteiger partial charge < -0.3 is 19.7 Å². The van der Waals surface area contributed by atoms with Gasteiger partial charge in [-0.1, -0.05) is 11.6 Å². The number of guanidine groups is 1. The van der Waals surface area contributed by atoms with Crippen molar-refractivity contribution < 1.29 is 17.9 Å². The summed E-state index contributed by atoms with van der Waals surface area (Å²) in [6.45, 7) is 6.86. The van der Waals surface area contributed by atoms with Crippen LogP contribution in [0.2, 0.25) is 5.02 Å². The first-order valence-corrected chi connectivity index (χ1v) is 11.6. The molecule has 29 heavy (non-hydrogen) atoms. The summed E-state index contributed by atoms with van der Waals surface area (Å²) in [6.07, 6.45) is 1.64. The van der Waals surface area contributed by atoms with Crippen LogP contribution in [0.3, 0.4) is 0 Å². The molecule has 164 valence electrons. The topological polar surface area (TPSA) is 96.4 Å². The summed E-state index contributed by atoms with van der Waals surface area (Å²) in [7, 11) is -1.61. The summed E-state index contributed by atoms with van der Waals surface area (Å²) in [4.78, 5) is 10.4. The third kappa shape index (κ3) is 7.61. The molecule has 0 bridgehead atoms. The fraction of sp³-hybridized carbons (Fsp3) is 0.667. The van der Waals surface area contributed by atoms with Crippen molar-refractivity contribution in [3.8, 4) is 5.88 Å². The van der Waals surface area contributed by atoms with E-state index in [1.807, 2.05) is 18.7 Å². The fourth-order valence-corrected chi connectivity index (χ4v) is 4.28. The summed E-state index contributed by atoms with van der Waals surface area (Å²) < 4.78 is 37.3. The van der Waals surface area contributed by atoms with E-state index in [1.165, 1.54) is 4.31 Å². The minimum Gasteiger partial charge on any atom is -0.475 e. The number of ether oxygens (including phenoxy) is 2. The standard InChI is InChI=1S/C18H30ClN5O4S/c1-15(2)27-13-14-29(25,26)24-10-8-23(9-11-24)18(20-3)22-7-12-28-17-16(19)5-4-6-21-17/h4-6,15H,7-14H2,1-3H3,(H,20,22). The molecule has 0 unspecified atom stereocenters. The van der Waals surface area contributed by atoms with Gasteiger partial charge in [-0.25, -0.2) is 13.4 Å². The third-order valence-electron chi connectivity index (χ3n) is 4.28. The number of pyridine rings is 1. The molecule has 0 spiro atoms. The Hall–Kier alpha value is -1.62. The Kier molecular flexibility index (Phi) is 9.41. The predicted molar refractivity (Wildman–Crippen MR) is 114 cm³/mol. The highest BCUT2D eigenvalue weighted by molar-refractivity contribution is 7.89. The van der Waals surface area contributed by atoms with Crippen molar-refractivity contribution in [2.75, 3.05) is 58.7 Å². The van der Waals surface area contributed by atoms with Gasteiger partial charge in [-0.3, -0.25) is 4.99 Å².